The third kappa shape index (κ3) is 2.08. The number of aryl methyl sites for hydroxylation is 1. The molecule has 0 N–H and O–H groups in total. The standard InChI is InChI=1S/C11H17N3O/c1-2-7-14-10(8-12-13-14)9-5-3-4-6-11(9)15/h8-9H,2-7H2,1H3. The van der Waals surface area contributed by atoms with E-state index in [9.17, 15) is 4.79 Å². The van der Waals surface area contributed by atoms with Crippen LogP contribution in [0, 0.1) is 0 Å². The molecule has 1 saturated carbocycles. The van der Waals surface area contributed by atoms with Crippen molar-refractivity contribution in [1.82, 2.24) is 15.0 Å². The molecule has 1 fully saturated rings. The third-order valence-corrected chi connectivity index (χ3v) is 2.99. The first-order valence-corrected chi connectivity index (χ1v) is 5.74. The topological polar surface area (TPSA) is 47.8 Å². The van der Waals surface area contributed by atoms with Gasteiger partial charge in [0.25, 0.3) is 0 Å². The number of nitrogens with zero attached hydrogens (tertiary/aromatic N) is 3. The predicted octanol–water partition coefficient (Wildman–Crippen LogP) is 1.91. The van der Waals surface area contributed by atoms with Crippen molar-refractivity contribution in [2.45, 2.75) is 51.5 Å². The predicted molar refractivity (Wildman–Crippen MR) is 56.5 cm³/mol. The van der Waals surface area contributed by atoms with E-state index in [1.807, 2.05) is 4.68 Å². The van der Waals surface area contributed by atoms with Crippen LogP contribution in [0.15, 0.2) is 6.20 Å². The first kappa shape index (κ1) is 10.3. The Balaban J connectivity index is 2.19. The minimum atomic E-state index is 0.0558. The van der Waals surface area contributed by atoms with Crippen LogP contribution in [0.5, 0.6) is 0 Å². The highest BCUT2D eigenvalue weighted by Gasteiger charge is 2.26. The fraction of sp³-hybridized carbons (Fsp3) is 0.727. The van der Waals surface area contributed by atoms with Gasteiger partial charge in [-0.1, -0.05) is 18.6 Å². The first-order valence-electron chi connectivity index (χ1n) is 5.74. The molecule has 0 aliphatic heterocycles. The molecule has 15 heavy (non-hydrogen) atoms. The maximum absolute atomic E-state index is 11.8. The average Bonchev–Trinajstić information content (AvgIpc) is 2.67. The van der Waals surface area contributed by atoms with Crippen LogP contribution in [-0.4, -0.2) is 20.8 Å². The van der Waals surface area contributed by atoms with E-state index >= 15 is 0 Å². The van der Waals surface area contributed by atoms with Gasteiger partial charge in [-0.05, 0) is 19.3 Å². The van der Waals surface area contributed by atoms with Crippen LogP contribution in [0.1, 0.15) is 50.6 Å². The lowest BCUT2D eigenvalue weighted by atomic mass is 9.86. The van der Waals surface area contributed by atoms with Gasteiger partial charge in [0.1, 0.15) is 5.78 Å². The highest BCUT2D eigenvalue weighted by Crippen LogP contribution is 2.29. The second-order valence-corrected chi connectivity index (χ2v) is 4.15. The summed E-state index contributed by atoms with van der Waals surface area (Å²) in [6, 6.07) is 0. The van der Waals surface area contributed by atoms with Gasteiger partial charge in [0.15, 0.2) is 0 Å². The summed E-state index contributed by atoms with van der Waals surface area (Å²) in [7, 11) is 0. The van der Waals surface area contributed by atoms with Crippen LogP contribution in [0.25, 0.3) is 0 Å². The molecule has 2 rings (SSSR count). The Bertz CT molecular complexity index is 345. The van der Waals surface area contributed by atoms with Gasteiger partial charge < -0.3 is 0 Å². The minimum Gasteiger partial charge on any atom is -0.299 e. The lowest BCUT2D eigenvalue weighted by Gasteiger charge is -2.20. The highest BCUT2D eigenvalue weighted by atomic mass is 16.1. The number of hydrogen-bond acceptors (Lipinski definition) is 3. The van der Waals surface area contributed by atoms with Crippen LogP contribution in [0.3, 0.4) is 0 Å². The molecule has 1 aromatic rings. The Kier molecular flexibility index (Phi) is 3.14. The van der Waals surface area contributed by atoms with Gasteiger partial charge in [0.2, 0.25) is 0 Å². The molecule has 0 amide bonds. The summed E-state index contributed by atoms with van der Waals surface area (Å²) in [4.78, 5) is 11.8. The van der Waals surface area contributed by atoms with Crippen molar-refractivity contribution in [3.63, 3.8) is 0 Å². The van der Waals surface area contributed by atoms with Crippen molar-refractivity contribution < 1.29 is 4.79 Å². The monoisotopic (exact) mass is 207 g/mol. The van der Waals surface area contributed by atoms with E-state index in [4.69, 9.17) is 0 Å². The molecule has 1 aromatic heterocycles. The zero-order valence-electron chi connectivity index (χ0n) is 9.15. The van der Waals surface area contributed by atoms with Crippen LogP contribution in [-0.2, 0) is 11.3 Å². The molecule has 4 nitrogen and oxygen atoms in total. The maximum Gasteiger partial charge on any atom is 0.141 e. The number of rotatable bonds is 3. The molecule has 1 aliphatic rings. The van der Waals surface area contributed by atoms with E-state index in [0.717, 1.165) is 44.3 Å². The molecule has 0 radical (unpaired) electrons. The van der Waals surface area contributed by atoms with Crippen molar-refractivity contribution >= 4 is 5.78 Å². The van der Waals surface area contributed by atoms with Crippen molar-refractivity contribution in [2.24, 2.45) is 0 Å². The quantitative estimate of drug-likeness (QED) is 0.760. The lowest BCUT2D eigenvalue weighted by Crippen LogP contribution is -2.20. The number of aromatic nitrogens is 3. The molecular formula is C11H17N3O. The molecule has 0 bridgehead atoms. The van der Waals surface area contributed by atoms with Crippen LogP contribution < -0.4 is 0 Å². The Morgan fingerprint density at radius 2 is 2.40 bits per heavy atom. The van der Waals surface area contributed by atoms with E-state index < -0.39 is 0 Å². The Hall–Kier alpha value is -1.19. The summed E-state index contributed by atoms with van der Waals surface area (Å²) in [5, 5.41) is 7.94. The SMILES string of the molecule is CCCn1nncc1C1CCCCC1=O. The van der Waals surface area contributed by atoms with E-state index in [0.29, 0.717) is 5.78 Å². The number of ketones is 1. The fourth-order valence-corrected chi connectivity index (χ4v) is 2.22. The molecule has 0 spiro atoms. The minimum absolute atomic E-state index is 0.0558. The molecule has 4 heteroatoms. The molecule has 0 aromatic carbocycles. The summed E-state index contributed by atoms with van der Waals surface area (Å²) in [6.45, 7) is 2.97. The van der Waals surface area contributed by atoms with Crippen LogP contribution in [0.2, 0.25) is 0 Å². The van der Waals surface area contributed by atoms with Crippen molar-refractivity contribution in [3.05, 3.63) is 11.9 Å². The van der Waals surface area contributed by atoms with Gasteiger partial charge in [0.05, 0.1) is 17.8 Å². The van der Waals surface area contributed by atoms with Crippen molar-refractivity contribution in [2.75, 3.05) is 0 Å². The molecule has 82 valence electrons. The number of carbonyl (C=O) groups excluding carboxylic acids is 1. The fourth-order valence-electron chi connectivity index (χ4n) is 2.22. The lowest BCUT2D eigenvalue weighted by molar-refractivity contribution is -0.122. The second kappa shape index (κ2) is 4.55. The smallest absolute Gasteiger partial charge is 0.141 e. The number of hydrogen-bond donors (Lipinski definition) is 0. The van der Waals surface area contributed by atoms with Crippen molar-refractivity contribution in [1.29, 1.82) is 0 Å². The van der Waals surface area contributed by atoms with Crippen molar-refractivity contribution in [3.8, 4) is 0 Å². The average molecular weight is 207 g/mol. The summed E-state index contributed by atoms with van der Waals surface area (Å²) in [6.07, 6.45) is 6.66. The van der Waals surface area contributed by atoms with E-state index in [-0.39, 0.29) is 5.92 Å². The van der Waals surface area contributed by atoms with Gasteiger partial charge in [-0.3, -0.25) is 4.79 Å². The molecule has 0 saturated heterocycles. The van der Waals surface area contributed by atoms with Crippen LogP contribution >= 0.6 is 0 Å². The highest BCUT2D eigenvalue weighted by molar-refractivity contribution is 5.85. The van der Waals surface area contributed by atoms with Gasteiger partial charge in [-0.15, -0.1) is 5.10 Å². The second-order valence-electron chi connectivity index (χ2n) is 4.15. The molecule has 1 unspecified atom stereocenters. The van der Waals surface area contributed by atoms with Crippen LogP contribution in [0.4, 0.5) is 0 Å². The Labute approximate surface area is 89.7 Å². The number of Topliss-reactive ketones (excluding diaryl/α,β-unsaturated/α-hetero) is 1. The van der Waals surface area contributed by atoms with Gasteiger partial charge in [-0.25, -0.2) is 4.68 Å². The molecule has 1 atom stereocenters. The molecule has 1 aliphatic carbocycles. The summed E-state index contributed by atoms with van der Waals surface area (Å²) in [5.74, 6) is 0.418. The summed E-state index contributed by atoms with van der Waals surface area (Å²) in [5.41, 5.74) is 1.02. The Morgan fingerprint density at radius 3 is 3.13 bits per heavy atom. The number of carbonyl (C=O) groups is 1. The van der Waals surface area contributed by atoms with Gasteiger partial charge >= 0.3 is 0 Å². The van der Waals surface area contributed by atoms with E-state index in [1.54, 1.807) is 6.20 Å². The van der Waals surface area contributed by atoms with E-state index in [2.05, 4.69) is 17.2 Å². The zero-order valence-corrected chi connectivity index (χ0v) is 9.15. The normalized spacial score (nSPS) is 21.9. The van der Waals surface area contributed by atoms with Gasteiger partial charge in [-0.2, -0.15) is 0 Å². The molecular weight excluding hydrogens is 190 g/mol. The summed E-state index contributed by atoms with van der Waals surface area (Å²) >= 11 is 0. The molecule has 1 heterocycles. The largest absolute Gasteiger partial charge is 0.299 e. The first-order chi connectivity index (χ1) is 7.33. The summed E-state index contributed by atoms with van der Waals surface area (Å²) < 4.78 is 1.88. The van der Waals surface area contributed by atoms with Gasteiger partial charge in [0, 0.05) is 13.0 Å². The maximum atomic E-state index is 11.8. The van der Waals surface area contributed by atoms with E-state index in [1.165, 1.54) is 0 Å². The third-order valence-electron chi connectivity index (χ3n) is 2.99. The zero-order chi connectivity index (χ0) is 10.7. The Morgan fingerprint density at radius 1 is 1.53 bits per heavy atom.